The predicted octanol–water partition coefficient (Wildman–Crippen LogP) is 1.67. The van der Waals surface area contributed by atoms with Crippen molar-refractivity contribution in [2.75, 3.05) is 0 Å². The molecule has 0 radical (unpaired) electrons. The van der Waals surface area contributed by atoms with E-state index in [0.717, 1.165) is 11.4 Å². The third-order valence-corrected chi connectivity index (χ3v) is 2.72. The Bertz CT molecular complexity index is 318. The van der Waals surface area contributed by atoms with Gasteiger partial charge in [-0.3, -0.25) is 0 Å². The Labute approximate surface area is 71.2 Å². The van der Waals surface area contributed by atoms with Gasteiger partial charge in [0.05, 0.1) is 0 Å². The number of aromatic nitrogens is 2. The summed E-state index contributed by atoms with van der Waals surface area (Å²) >= 11 is 0. The second-order valence-electron chi connectivity index (χ2n) is 3.60. The van der Waals surface area contributed by atoms with Gasteiger partial charge in [-0.1, -0.05) is 12.8 Å². The van der Waals surface area contributed by atoms with Crippen LogP contribution in [0.4, 0.5) is 0 Å². The molecule has 0 atom stereocenters. The molecule has 1 heterocycles. The number of H-pyrrole nitrogens is 2. The first kappa shape index (κ1) is 7.65. The van der Waals surface area contributed by atoms with Crippen LogP contribution in [-0.2, 0) is 0 Å². The molecule has 1 aliphatic rings. The summed E-state index contributed by atoms with van der Waals surface area (Å²) in [5, 5.41) is 0. The Kier molecular flexibility index (Phi) is 1.79. The first-order valence-corrected chi connectivity index (χ1v) is 4.56. The average Bonchev–Trinajstić information content (AvgIpc) is 2.58. The zero-order valence-electron chi connectivity index (χ0n) is 7.31. The van der Waals surface area contributed by atoms with Crippen LogP contribution >= 0.6 is 0 Å². The molecule has 2 rings (SSSR count). The average molecular weight is 166 g/mol. The van der Waals surface area contributed by atoms with E-state index < -0.39 is 0 Å². The molecule has 0 aromatic carbocycles. The molecule has 1 aliphatic carbocycles. The number of imidazole rings is 1. The smallest absolute Gasteiger partial charge is 0.310 e. The molecule has 3 heteroatoms. The minimum absolute atomic E-state index is 0.0607. The van der Waals surface area contributed by atoms with Crippen molar-refractivity contribution < 1.29 is 0 Å². The van der Waals surface area contributed by atoms with Gasteiger partial charge in [0.25, 0.3) is 0 Å². The molecule has 0 spiro atoms. The molecule has 1 saturated carbocycles. The number of nitrogens with one attached hydrogen (secondary N) is 2. The maximum atomic E-state index is 11.0. The molecule has 1 fully saturated rings. The normalized spacial score (nSPS) is 18.8. The lowest BCUT2D eigenvalue weighted by Gasteiger charge is -2.05. The minimum atomic E-state index is -0.0607. The Morgan fingerprint density at radius 2 is 1.92 bits per heavy atom. The zero-order chi connectivity index (χ0) is 8.55. The summed E-state index contributed by atoms with van der Waals surface area (Å²) in [6, 6.07) is 0. The number of hydrogen-bond acceptors (Lipinski definition) is 1. The lowest BCUT2D eigenvalue weighted by Crippen LogP contribution is -2.02. The molecule has 2 N–H and O–H groups in total. The summed E-state index contributed by atoms with van der Waals surface area (Å²) in [6.07, 6.45) is 5.07. The van der Waals surface area contributed by atoms with Crippen LogP contribution in [0.5, 0.6) is 0 Å². The van der Waals surface area contributed by atoms with Crippen molar-refractivity contribution in [2.45, 2.75) is 38.5 Å². The first-order valence-electron chi connectivity index (χ1n) is 4.56. The zero-order valence-corrected chi connectivity index (χ0v) is 7.31. The molecule has 0 aliphatic heterocycles. The van der Waals surface area contributed by atoms with Crippen molar-refractivity contribution >= 4 is 0 Å². The van der Waals surface area contributed by atoms with E-state index in [-0.39, 0.29) is 5.69 Å². The fourth-order valence-electron chi connectivity index (χ4n) is 2.11. The quantitative estimate of drug-likeness (QED) is 0.655. The first-order chi connectivity index (χ1) is 5.77. The van der Waals surface area contributed by atoms with Crippen molar-refractivity contribution in [3.8, 4) is 0 Å². The van der Waals surface area contributed by atoms with Gasteiger partial charge < -0.3 is 9.97 Å². The van der Waals surface area contributed by atoms with E-state index in [1.807, 2.05) is 6.92 Å². The minimum Gasteiger partial charge on any atom is -0.310 e. The van der Waals surface area contributed by atoms with Crippen LogP contribution in [-0.4, -0.2) is 9.97 Å². The molecule has 0 bridgehead atoms. The number of aryl methyl sites for hydroxylation is 1. The highest BCUT2D eigenvalue weighted by Gasteiger charge is 2.20. The van der Waals surface area contributed by atoms with Crippen LogP contribution < -0.4 is 5.69 Å². The number of hydrogen-bond donors (Lipinski definition) is 2. The monoisotopic (exact) mass is 166 g/mol. The van der Waals surface area contributed by atoms with Crippen LogP contribution in [0, 0.1) is 6.92 Å². The standard InChI is InChI=1S/C9H14N2O/c1-6-8(11-9(12)10-6)7-4-2-3-5-7/h7H,2-5H2,1H3,(H2,10,11,12). The maximum Gasteiger partial charge on any atom is 0.323 e. The molecule has 66 valence electrons. The van der Waals surface area contributed by atoms with Gasteiger partial charge in [0.1, 0.15) is 0 Å². The number of rotatable bonds is 1. The Balaban J connectivity index is 2.31. The summed E-state index contributed by atoms with van der Waals surface area (Å²) < 4.78 is 0. The Hall–Kier alpha value is -0.990. The summed E-state index contributed by atoms with van der Waals surface area (Å²) in [5.74, 6) is 0.601. The summed E-state index contributed by atoms with van der Waals surface area (Å²) in [5.41, 5.74) is 2.10. The molecular weight excluding hydrogens is 152 g/mol. The lowest BCUT2D eigenvalue weighted by molar-refractivity contribution is 0.695. The molecule has 0 saturated heterocycles. The fourth-order valence-corrected chi connectivity index (χ4v) is 2.11. The third-order valence-electron chi connectivity index (χ3n) is 2.72. The van der Waals surface area contributed by atoms with E-state index in [0.29, 0.717) is 5.92 Å². The van der Waals surface area contributed by atoms with Crippen LogP contribution in [0.3, 0.4) is 0 Å². The van der Waals surface area contributed by atoms with E-state index in [4.69, 9.17) is 0 Å². The molecule has 0 unspecified atom stereocenters. The fraction of sp³-hybridized carbons (Fsp3) is 0.667. The summed E-state index contributed by atoms with van der Waals surface area (Å²) in [6.45, 7) is 1.96. The van der Waals surface area contributed by atoms with Crippen LogP contribution in [0.1, 0.15) is 43.0 Å². The van der Waals surface area contributed by atoms with Gasteiger partial charge in [0.15, 0.2) is 0 Å². The van der Waals surface area contributed by atoms with E-state index in [2.05, 4.69) is 9.97 Å². The topological polar surface area (TPSA) is 48.6 Å². The maximum absolute atomic E-state index is 11.0. The second kappa shape index (κ2) is 2.81. The van der Waals surface area contributed by atoms with Crippen LogP contribution in [0.25, 0.3) is 0 Å². The predicted molar refractivity (Wildman–Crippen MR) is 47.4 cm³/mol. The highest BCUT2D eigenvalue weighted by atomic mass is 16.1. The Morgan fingerprint density at radius 1 is 1.25 bits per heavy atom. The van der Waals surface area contributed by atoms with Gasteiger partial charge in [0.2, 0.25) is 0 Å². The van der Waals surface area contributed by atoms with Crippen LogP contribution in [0.2, 0.25) is 0 Å². The van der Waals surface area contributed by atoms with Crippen molar-refractivity contribution in [3.05, 3.63) is 21.9 Å². The van der Waals surface area contributed by atoms with Gasteiger partial charge in [0, 0.05) is 17.3 Å². The SMILES string of the molecule is Cc1[nH]c(=O)[nH]c1C1CCCC1. The molecule has 12 heavy (non-hydrogen) atoms. The largest absolute Gasteiger partial charge is 0.323 e. The van der Waals surface area contributed by atoms with E-state index in [1.54, 1.807) is 0 Å². The van der Waals surface area contributed by atoms with Gasteiger partial charge in [-0.25, -0.2) is 4.79 Å². The van der Waals surface area contributed by atoms with Crippen molar-refractivity contribution in [3.63, 3.8) is 0 Å². The summed E-state index contributed by atoms with van der Waals surface area (Å²) in [4.78, 5) is 16.6. The van der Waals surface area contributed by atoms with E-state index >= 15 is 0 Å². The lowest BCUT2D eigenvalue weighted by atomic mass is 10.0. The van der Waals surface area contributed by atoms with Gasteiger partial charge in [-0.2, -0.15) is 0 Å². The third kappa shape index (κ3) is 1.19. The Morgan fingerprint density at radius 3 is 2.42 bits per heavy atom. The van der Waals surface area contributed by atoms with Crippen molar-refractivity contribution in [1.82, 2.24) is 9.97 Å². The molecular formula is C9H14N2O. The number of aromatic amines is 2. The van der Waals surface area contributed by atoms with Gasteiger partial charge in [-0.15, -0.1) is 0 Å². The van der Waals surface area contributed by atoms with Gasteiger partial charge >= 0.3 is 5.69 Å². The second-order valence-corrected chi connectivity index (χ2v) is 3.60. The molecule has 0 amide bonds. The highest BCUT2D eigenvalue weighted by Crippen LogP contribution is 2.33. The van der Waals surface area contributed by atoms with Crippen molar-refractivity contribution in [2.24, 2.45) is 0 Å². The molecule has 3 nitrogen and oxygen atoms in total. The van der Waals surface area contributed by atoms with E-state index in [1.165, 1.54) is 25.7 Å². The highest BCUT2D eigenvalue weighted by molar-refractivity contribution is 5.15. The van der Waals surface area contributed by atoms with Crippen molar-refractivity contribution in [1.29, 1.82) is 0 Å². The summed E-state index contributed by atoms with van der Waals surface area (Å²) in [7, 11) is 0. The molecule has 1 aromatic heterocycles. The molecule has 1 aromatic rings. The van der Waals surface area contributed by atoms with Crippen LogP contribution in [0.15, 0.2) is 4.79 Å². The van der Waals surface area contributed by atoms with Gasteiger partial charge in [-0.05, 0) is 19.8 Å². The van der Waals surface area contributed by atoms with E-state index in [9.17, 15) is 4.79 Å².